The fourth-order valence-electron chi connectivity index (χ4n) is 1.93. The summed E-state index contributed by atoms with van der Waals surface area (Å²) in [5.74, 6) is 0.692. The SMILES string of the molecule is Cc1nn(C(C)Cc2ccc(Br)cc2)c(N)c1Br. The van der Waals surface area contributed by atoms with Crippen LogP contribution >= 0.6 is 31.9 Å². The molecule has 0 saturated carbocycles. The van der Waals surface area contributed by atoms with E-state index in [2.05, 4.69) is 68.1 Å². The van der Waals surface area contributed by atoms with Crippen LogP contribution in [0.1, 0.15) is 24.2 Å². The molecule has 0 spiro atoms. The Kier molecular flexibility index (Phi) is 4.12. The molecular formula is C13H15Br2N3. The minimum atomic E-state index is 0.233. The van der Waals surface area contributed by atoms with Crippen molar-refractivity contribution < 1.29 is 0 Å². The first-order valence-corrected chi connectivity index (χ1v) is 7.32. The van der Waals surface area contributed by atoms with Gasteiger partial charge in [-0.3, -0.25) is 0 Å². The lowest BCUT2D eigenvalue weighted by Crippen LogP contribution is -2.12. The molecule has 0 bridgehead atoms. The number of nitrogens with two attached hydrogens (primary N) is 1. The molecule has 2 rings (SSSR count). The summed E-state index contributed by atoms with van der Waals surface area (Å²) >= 11 is 6.89. The maximum atomic E-state index is 6.03. The first kappa shape index (κ1) is 13.6. The average Bonchev–Trinajstić information content (AvgIpc) is 2.60. The first-order chi connectivity index (χ1) is 8.49. The van der Waals surface area contributed by atoms with E-state index in [0.717, 1.165) is 21.1 Å². The van der Waals surface area contributed by atoms with E-state index < -0.39 is 0 Å². The third-order valence-corrected chi connectivity index (χ3v) is 4.42. The molecule has 0 amide bonds. The van der Waals surface area contributed by atoms with Gasteiger partial charge in [0.1, 0.15) is 5.82 Å². The topological polar surface area (TPSA) is 43.8 Å². The molecule has 1 atom stereocenters. The van der Waals surface area contributed by atoms with E-state index in [-0.39, 0.29) is 6.04 Å². The number of anilines is 1. The van der Waals surface area contributed by atoms with Crippen molar-refractivity contribution >= 4 is 37.7 Å². The van der Waals surface area contributed by atoms with E-state index >= 15 is 0 Å². The predicted octanol–water partition coefficient (Wildman–Crippen LogP) is 4.10. The molecule has 96 valence electrons. The maximum absolute atomic E-state index is 6.03. The molecule has 0 aliphatic carbocycles. The molecule has 2 aromatic rings. The molecular weight excluding hydrogens is 358 g/mol. The van der Waals surface area contributed by atoms with Crippen molar-refractivity contribution in [3.05, 3.63) is 44.5 Å². The number of nitrogens with zero attached hydrogens (tertiary/aromatic N) is 2. The lowest BCUT2D eigenvalue weighted by atomic mass is 10.1. The van der Waals surface area contributed by atoms with Gasteiger partial charge in [0.25, 0.3) is 0 Å². The van der Waals surface area contributed by atoms with Crippen molar-refractivity contribution in [1.29, 1.82) is 0 Å². The lowest BCUT2D eigenvalue weighted by molar-refractivity contribution is 0.493. The molecule has 0 aliphatic rings. The third-order valence-electron chi connectivity index (χ3n) is 2.91. The highest BCUT2D eigenvalue weighted by molar-refractivity contribution is 9.10. The van der Waals surface area contributed by atoms with Gasteiger partial charge in [0.15, 0.2) is 0 Å². The van der Waals surface area contributed by atoms with E-state index in [1.807, 2.05) is 11.6 Å². The zero-order valence-electron chi connectivity index (χ0n) is 10.3. The van der Waals surface area contributed by atoms with Crippen LogP contribution in [0.25, 0.3) is 0 Å². The van der Waals surface area contributed by atoms with E-state index in [0.29, 0.717) is 5.82 Å². The molecule has 0 fully saturated rings. The lowest BCUT2D eigenvalue weighted by Gasteiger charge is -2.14. The maximum Gasteiger partial charge on any atom is 0.136 e. The van der Waals surface area contributed by atoms with Gasteiger partial charge in [0, 0.05) is 4.47 Å². The number of aromatic nitrogens is 2. The van der Waals surface area contributed by atoms with Crippen LogP contribution in [0.15, 0.2) is 33.2 Å². The molecule has 2 N–H and O–H groups in total. The minimum absolute atomic E-state index is 0.233. The molecule has 0 radical (unpaired) electrons. The van der Waals surface area contributed by atoms with Crippen LogP contribution in [0, 0.1) is 6.92 Å². The van der Waals surface area contributed by atoms with E-state index in [9.17, 15) is 0 Å². The number of nitrogen functional groups attached to an aromatic ring is 1. The molecule has 1 aromatic heterocycles. The van der Waals surface area contributed by atoms with Crippen LogP contribution in [-0.2, 0) is 6.42 Å². The first-order valence-electron chi connectivity index (χ1n) is 5.73. The van der Waals surface area contributed by atoms with Gasteiger partial charge in [-0.05, 0) is 53.9 Å². The summed E-state index contributed by atoms with van der Waals surface area (Å²) in [5.41, 5.74) is 8.23. The van der Waals surface area contributed by atoms with Crippen LogP contribution in [0.3, 0.4) is 0 Å². The van der Waals surface area contributed by atoms with Gasteiger partial charge in [0.05, 0.1) is 16.2 Å². The second kappa shape index (κ2) is 5.45. The Bertz CT molecular complexity index is 546. The zero-order chi connectivity index (χ0) is 13.3. The Balaban J connectivity index is 2.19. The predicted molar refractivity (Wildman–Crippen MR) is 81.6 cm³/mol. The van der Waals surface area contributed by atoms with Gasteiger partial charge in [-0.2, -0.15) is 5.10 Å². The molecule has 1 aromatic carbocycles. The summed E-state index contributed by atoms with van der Waals surface area (Å²) in [6.07, 6.45) is 0.908. The van der Waals surface area contributed by atoms with Crippen LogP contribution in [0.5, 0.6) is 0 Å². The molecule has 1 unspecified atom stereocenters. The van der Waals surface area contributed by atoms with Gasteiger partial charge in [-0.15, -0.1) is 0 Å². The standard InChI is InChI=1S/C13H15Br2N3/c1-8(7-10-3-5-11(14)6-4-10)18-13(16)12(15)9(2)17-18/h3-6,8H,7,16H2,1-2H3. The summed E-state index contributed by atoms with van der Waals surface area (Å²) in [4.78, 5) is 0. The Hall–Kier alpha value is -0.810. The Labute approximate surface area is 124 Å². The summed E-state index contributed by atoms with van der Waals surface area (Å²) in [6.45, 7) is 4.07. The van der Waals surface area contributed by atoms with Crippen molar-refractivity contribution in [3.8, 4) is 0 Å². The summed E-state index contributed by atoms with van der Waals surface area (Å²) < 4.78 is 3.86. The number of aryl methyl sites for hydroxylation is 1. The largest absolute Gasteiger partial charge is 0.383 e. The van der Waals surface area contributed by atoms with Crippen molar-refractivity contribution in [2.75, 3.05) is 5.73 Å². The van der Waals surface area contributed by atoms with Crippen molar-refractivity contribution in [2.45, 2.75) is 26.3 Å². The second-order valence-corrected chi connectivity index (χ2v) is 6.12. The van der Waals surface area contributed by atoms with E-state index in [4.69, 9.17) is 5.73 Å². The molecule has 18 heavy (non-hydrogen) atoms. The number of hydrogen-bond acceptors (Lipinski definition) is 2. The fourth-order valence-corrected chi connectivity index (χ4v) is 2.45. The number of benzene rings is 1. The average molecular weight is 373 g/mol. The van der Waals surface area contributed by atoms with Crippen LogP contribution in [-0.4, -0.2) is 9.78 Å². The molecule has 0 aliphatic heterocycles. The van der Waals surface area contributed by atoms with Gasteiger partial charge in [0.2, 0.25) is 0 Å². The van der Waals surface area contributed by atoms with Crippen molar-refractivity contribution in [2.24, 2.45) is 0 Å². The number of hydrogen-bond donors (Lipinski definition) is 1. The quantitative estimate of drug-likeness (QED) is 0.881. The highest BCUT2D eigenvalue weighted by atomic mass is 79.9. The summed E-state index contributed by atoms with van der Waals surface area (Å²) in [6, 6.07) is 8.56. The van der Waals surface area contributed by atoms with Crippen molar-refractivity contribution in [1.82, 2.24) is 9.78 Å². The second-order valence-electron chi connectivity index (χ2n) is 4.41. The Morgan fingerprint density at radius 3 is 2.39 bits per heavy atom. The van der Waals surface area contributed by atoms with Gasteiger partial charge in [-0.1, -0.05) is 28.1 Å². The molecule has 3 nitrogen and oxygen atoms in total. The van der Waals surface area contributed by atoms with Crippen LogP contribution < -0.4 is 5.73 Å². The summed E-state index contributed by atoms with van der Waals surface area (Å²) in [7, 11) is 0. The third kappa shape index (κ3) is 2.78. The smallest absolute Gasteiger partial charge is 0.136 e. The monoisotopic (exact) mass is 371 g/mol. The van der Waals surface area contributed by atoms with E-state index in [1.165, 1.54) is 5.56 Å². The van der Waals surface area contributed by atoms with Gasteiger partial charge < -0.3 is 5.73 Å². The Morgan fingerprint density at radius 1 is 1.28 bits per heavy atom. The minimum Gasteiger partial charge on any atom is -0.383 e. The van der Waals surface area contributed by atoms with E-state index in [1.54, 1.807) is 0 Å². The highest BCUT2D eigenvalue weighted by Gasteiger charge is 2.15. The molecule has 5 heteroatoms. The number of halogens is 2. The van der Waals surface area contributed by atoms with Gasteiger partial charge in [-0.25, -0.2) is 4.68 Å². The summed E-state index contributed by atoms with van der Waals surface area (Å²) in [5, 5.41) is 4.46. The Morgan fingerprint density at radius 2 is 1.89 bits per heavy atom. The highest BCUT2D eigenvalue weighted by Crippen LogP contribution is 2.27. The fraction of sp³-hybridized carbons (Fsp3) is 0.308. The van der Waals surface area contributed by atoms with Crippen LogP contribution in [0.2, 0.25) is 0 Å². The molecule has 1 heterocycles. The normalized spacial score (nSPS) is 12.7. The van der Waals surface area contributed by atoms with Gasteiger partial charge >= 0.3 is 0 Å². The van der Waals surface area contributed by atoms with Crippen LogP contribution in [0.4, 0.5) is 5.82 Å². The zero-order valence-corrected chi connectivity index (χ0v) is 13.5. The van der Waals surface area contributed by atoms with Crippen molar-refractivity contribution in [3.63, 3.8) is 0 Å². The molecule has 0 saturated heterocycles. The number of rotatable bonds is 3.